The van der Waals surface area contributed by atoms with E-state index in [0.29, 0.717) is 61.4 Å². The van der Waals surface area contributed by atoms with Crippen molar-refractivity contribution in [2.75, 3.05) is 26.2 Å². The molecule has 7 rings (SSSR count). The Bertz CT molecular complexity index is 1620. The van der Waals surface area contributed by atoms with Crippen LogP contribution in [-0.4, -0.2) is 67.7 Å². The van der Waals surface area contributed by atoms with Crippen molar-refractivity contribution in [3.8, 4) is 0 Å². The summed E-state index contributed by atoms with van der Waals surface area (Å²) < 4.78 is 7.46. The van der Waals surface area contributed by atoms with Crippen LogP contribution in [0.15, 0.2) is 71.5 Å². The zero-order chi connectivity index (χ0) is 29.1. The standard InChI is InChI=1S/C32H33ClN6O3/c1-31(2)13-25(31)30(41)38-19-32(20-38)18-37(29(40)23-14-34-39(16-23)15-22-6-4-3-5-7-22)17-26(32)28-35-27(42-36-28)12-21-8-10-24(33)11-9-21/h3-11,14,16,25-26H,12-13,15,17-20H2,1-2H3/t25-,26?/m1/s1. The van der Waals surface area contributed by atoms with Gasteiger partial charge in [0.1, 0.15) is 0 Å². The minimum Gasteiger partial charge on any atom is -0.341 e. The van der Waals surface area contributed by atoms with Crippen LogP contribution < -0.4 is 0 Å². The van der Waals surface area contributed by atoms with E-state index in [1.54, 1.807) is 17.1 Å². The molecule has 2 aromatic carbocycles. The topological polar surface area (TPSA) is 97.4 Å². The number of likely N-dealkylation sites (tertiary alicyclic amines) is 2. The highest BCUT2D eigenvalue weighted by atomic mass is 35.5. The van der Waals surface area contributed by atoms with Gasteiger partial charge in [0, 0.05) is 48.7 Å². The second-order valence-corrected chi connectivity index (χ2v) is 13.2. The highest BCUT2D eigenvalue weighted by Gasteiger charge is 2.61. The quantitative estimate of drug-likeness (QED) is 0.313. The molecule has 216 valence electrons. The minimum absolute atomic E-state index is 0.0705. The molecule has 3 fully saturated rings. The lowest BCUT2D eigenvalue weighted by Crippen LogP contribution is -2.62. The van der Waals surface area contributed by atoms with Crippen LogP contribution in [0, 0.1) is 16.7 Å². The third-order valence-electron chi connectivity index (χ3n) is 9.20. The van der Waals surface area contributed by atoms with Crippen molar-refractivity contribution in [1.29, 1.82) is 0 Å². The summed E-state index contributed by atoms with van der Waals surface area (Å²) in [4.78, 5) is 35.5. The molecule has 2 atom stereocenters. The summed E-state index contributed by atoms with van der Waals surface area (Å²) in [6.07, 6.45) is 4.86. The molecule has 0 bridgehead atoms. The summed E-state index contributed by atoms with van der Waals surface area (Å²) >= 11 is 6.04. The van der Waals surface area contributed by atoms with Gasteiger partial charge in [0.25, 0.3) is 5.91 Å². The third kappa shape index (κ3) is 5.00. The molecule has 2 aromatic heterocycles. The molecule has 0 N–H and O–H groups in total. The van der Waals surface area contributed by atoms with Crippen molar-refractivity contribution in [2.45, 2.75) is 39.2 Å². The Morgan fingerprint density at radius 1 is 1.00 bits per heavy atom. The summed E-state index contributed by atoms with van der Waals surface area (Å²) in [6.45, 7) is 7.03. The molecule has 2 amide bonds. The number of benzene rings is 2. The van der Waals surface area contributed by atoms with E-state index in [2.05, 4.69) is 24.1 Å². The fourth-order valence-electron chi connectivity index (χ4n) is 6.55. The number of hydrogen-bond acceptors (Lipinski definition) is 6. The Balaban J connectivity index is 1.10. The van der Waals surface area contributed by atoms with Crippen molar-refractivity contribution >= 4 is 23.4 Å². The van der Waals surface area contributed by atoms with Gasteiger partial charge in [-0.3, -0.25) is 14.3 Å². The van der Waals surface area contributed by atoms with Crippen molar-refractivity contribution in [3.63, 3.8) is 0 Å². The number of aromatic nitrogens is 4. The van der Waals surface area contributed by atoms with Gasteiger partial charge in [-0.15, -0.1) is 0 Å². The molecule has 4 heterocycles. The monoisotopic (exact) mass is 584 g/mol. The lowest BCUT2D eigenvalue weighted by molar-refractivity contribution is -0.145. The van der Waals surface area contributed by atoms with Gasteiger partial charge in [0.05, 0.1) is 30.6 Å². The Hall–Kier alpha value is -3.98. The second-order valence-electron chi connectivity index (χ2n) is 12.8. The predicted molar refractivity (Wildman–Crippen MR) is 156 cm³/mol. The maximum Gasteiger partial charge on any atom is 0.257 e. The minimum atomic E-state index is -0.314. The first kappa shape index (κ1) is 26.9. The van der Waals surface area contributed by atoms with Crippen LogP contribution in [-0.2, 0) is 17.8 Å². The van der Waals surface area contributed by atoms with E-state index >= 15 is 0 Å². The first-order valence-electron chi connectivity index (χ1n) is 14.4. The summed E-state index contributed by atoms with van der Waals surface area (Å²) in [5.41, 5.74) is 2.44. The molecule has 10 heteroatoms. The van der Waals surface area contributed by atoms with Crippen molar-refractivity contribution in [2.24, 2.45) is 16.7 Å². The number of nitrogens with zero attached hydrogens (tertiary/aromatic N) is 6. The van der Waals surface area contributed by atoms with Crippen LogP contribution in [0.2, 0.25) is 5.02 Å². The molecular formula is C32H33ClN6O3. The molecule has 1 spiro atoms. The average molecular weight is 585 g/mol. The Kier molecular flexibility index (Phi) is 6.46. The van der Waals surface area contributed by atoms with Gasteiger partial charge in [-0.25, -0.2) is 0 Å². The van der Waals surface area contributed by atoms with Gasteiger partial charge < -0.3 is 14.3 Å². The highest BCUT2D eigenvalue weighted by Crippen LogP contribution is 2.55. The normalized spacial score (nSPS) is 21.9. The van der Waals surface area contributed by atoms with Crippen LogP contribution in [0.1, 0.15) is 59.4 Å². The van der Waals surface area contributed by atoms with Crippen LogP contribution in [0.5, 0.6) is 0 Å². The molecule has 1 unspecified atom stereocenters. The molecule has 1 aliphatic carbocycles. The van der Waals surface area contributed by atoms with E-state index in [9.17, 15) is 9.59 Å². The summed E-state index contributed by atoms with van der Waals surface area (Å²) in [7, 11) is 0. The lowest BCUT2D eigenvalue weighted by Gasteiger charge is -2.50. The predicted octanol–water partition coefficient (Wildman–Crippen LogP) is 4.67. The van der Waals surface area contributed by atoms with Crippen LogP contribution >= 0.6 is 11.6 Å². The average Bonchev–Trinajstić information content (AvgIpc) is 3.42. The Morgan fingerprint density at radius 2 is 1.71 bits per heavy atom. The highest BCUT2D eigenvalue weighted by molar-refractivity contribution is 6.30. The zero-order valence-corrected chi connectivity index (χ0v) is 24.5. The molecular weight excluding hydrogens is 552 g/mol. The lowest BCUT2D eigenvalue weighted by atomic mass is 9.71. The largest absolute Gasteiger partial charge is 0.341 e. The first-order valence-corrected chi connectivity index (χ1v) is 14.8. The zero-order valence-electron chi connectivity index (χ0n) is 23.7. The van der Waals surface area contributed by atoms with Crippen LogP contribution in [0.3, 0.4) is 0 Å². The molecule has 42 heavy (non-hydrogen) atoms. The molecule has 1 saturated carbocycles. The molecule has 2 saturated heterocycles. The first-order chi connectivity index (χ1) is 20.2. The van der Waals surface area contributed by atoms with Gasteiger partial charge in [0.2, 0.25) is 11.8 Å². The van der Waals surface area contributed by atoms with E-state index in [0.717, 1.165) is 17.5 Å². The Labute approximate surface area is 249 Å². The van der Waals surface area contributed by atoms with Crippen LogP contribution in [0.25, 0.3) is 0 Å². The maximum atomic E-state index is 13.7. The molecule has 2 aliphatic heterocycles. The number of amides is 2. The van der Waals surface area contributed by atoms with Crippen molar-refractivity contribution < 1.29 is 14.1 Å². The van der Waals surface area contributed by atoms with Gasteiger partial charge in [-0.1, -0.05) is 73.1 Å². The number of rotatable bonds is 7. The SMILES string of the molecule is CC1(C)C[C@@H]1C(=O)N1CC2(CN(C(=O)c3cnn(Cc4ccccc4)c3)CC2c2noc(Cc3ccc(Cl)cc3)n2)C1. The molecule has 0 radical (unpaired) electrons. The van der Waals surface area contributed by atoms with E-state index in [4.69, 9.17) is 21.1 Å². The van der Waals surface area contributed by atoms with Crippen LogP contribution in [0.4, 0.5) is 0 Å². The molecule has 9 nitrogen and oxygen atoms in total. The molecule has 3 aliphatic rings. The third-order valence-corrected chi connectivity index (χ3v) is 9.45. The van der Waals surface area contributed by atoms with Gasteiger partial charge in [-0.2, -0.15) is 10.1 Å². The fourth-order valence-corrected chi connectivity index (χ4v) is 6.68. The van der Waals surface area contributed by atoms with Crippen molar-refractivity contribution in [1.82, 2.24) is 29.7 Å². The number of hydrogen-bond donors (Lipinski definition) is 0. The summed E-state index contributed by atoms with van der Waals surface area (Å²) in [5.74, 6) is 1.19. The fraction of sp³-hybridized carbons (Fsp3) is 0.406. The molecule has 4 aromatic rings. The maximum absolute atomic E-state index is 13.7. The Morgan fingerprint density at radius 3 is 2.43 bits per heavy atom. The summed E-state index contributed by atoms with van der Waals surface area (Å²) in [6, 6.07) is 17.6. The number of carbonyl (C=O) groups is 2. The van der Waals surface area contributed by atoms with Gasteiger partial charge in [0.15, 0.2) is 5.82 Å². The van der Waals surface area contributed by atoms with Gasteiger partial charge in [-0.05, 0) is 35.1 Å². The summed E-state index contributed by atoms with van der Waals surface area (Å²) in [5, 5.41) is 9.49. The van der Waals surface area contributed by atoms with E-state index in [1.807, 2.05) is 64.4 Å². The van der Waals surface area contributed by atoms with Crippen molar-refractivity contribution in [3.05, 3.63) is 100 Å². The van der Waals surface area contributed by atoms with E-state index < -0.39 is 0 Å². The van der Waals surface area contributed by atoms with Gasteiger partial charge >= 0.3 is 0 Å². The smallest absolute Gasteiger partial charge is 0.257 e. The second kappa shape index (κ2) is 10.1. The number of halogens is 1. The van der Waals surface area contributed by atoms with E-state index in [-0.39, 0.29) is 34.5 Å². The number of carbonyl (C=O) groups excluding carboxylic acids is 2. The van der Waals surface area contributed by atoms with E-state index in [1.165, 1.54) is 0 Å².